The van der Waals surface area contributed by atoms with Crippen LogP contribution < -0.4 is 0 Å². The molecule has 0 fully saturated rings. The summed E-state index contributed by atoms with van der Waals surface area (Å²) in [5.74, 6) is 0. The highest BCUT2D eigenvalue weighted by molar-refractivity contribution is 14.1. The zero-order valence-electron chi connectivity index (χ0n) is 7.36. The first-order valence-electron chi connectivity index (χ1n) is 3.98. The second-order valence-electron chi connectivity index (χ2n) is 3.01. The summed E-state index contributed by atoms with van der Waals surface area (Å²) in [6.07, 6.45) is -1.05. The van der Waals surface area contributed by atoms with Crippen LogP contribution in [-0.4, -0.2) is 21.0 Å². The average molecular weight is 302 g/mol. The maximum Gasteiger partial charge on any atom is 0.432 e. The molecule has 0 saturated heterocycles. The van der Waals surface area contributed by atoms with Crippen molar-refractivity contribution >= 4 is 39.6 Å². The van der Waals surface area contributed by atoms with Gasteiger partial charge in [0, 0.05) is 5.39 Å². The van der Waals surface area contributed by atoms with Crippen molar-refractivity contribution < 1.29 is 9.90 Å². The van der Waals surface area contributed by atoms with Crippen LogP contribution in [0.15, 0.2) is 18.2 Å². The Hall–Kier alpha value is -1.11. The molecule has 0 amide bonds. The Kier molecular flexibility index (Phi) is 2.18. The van der Waals surface area contributed by atoms with Gasteiger partial charge < -0.3 is 5.11 Å². The Balaban J connectivity index is 2.84. The van der Waals surface area contributed by atoms with Gasteiger partial charge >= 0.3 is 6.09 Å². The fourth-order valence-electron chi connectivity index (χ4n) is 1.34. The van der Waals surface area contributed by atoms with Crippen LogP contribution in [0.1, 0.15) is 5.56 Å². The van der Waals surface area contributed by atoms with E-state index in [0.29, 0.717) is 9.22 Å². The van der Waals surface area contributed by atoms with Gasteiger partial charge in [0.05, 0.1) is 5.52 Å². The quantitative estimate of drug-likeness (QED) is 0.761. The summed E-state index contributed by atoms with van der Waals surface area (Å²) in [6, 6.07) is 5.58. The number of rotatable bonds is 0. The molecule has 4 nitrogen and oxygen atoms in total. The van der Waals surface area contributed by atoms with Gasteiger partial charge in [-0.3, -0.25) is 0 Å². The van der Waals surface area contributed by atoms with Gasteiger partial charge in [-0.15, -0.1) is 0 Å². The van der Waals surface area contributed by atoms with E-state index in [9.17, 15) is 4.79 Å². The monoisotopic (exact) mass is 302 g/mol. The van der Waals surface area contributed by atoms with E-state index in [4.69, 9.17) is 5.11 Å². The number of aryl methyl sites for hydroxylation is 1. The van der Waals surface area contributed by atoms with Crippen LogP contribution in [0.3, 0.4) is 0 Å². The van der Waals surface area contributed by atoms with Crippen LogP contribution in [-0.2, 0) is 0 Å². The third kappa shape index (κ3) is 1.37. The highest BCUT2D eigenvalue weighted by atomic mass is 127. The summed E-state index contributed by atoms with van der Waals surface area (Å²) in [5.41, 5.74) is 1.73. The molecular formula is C9H7IN2O2. The van der Waals surface area contributed by atoms with E-state index in [-0.39, 0.29) is 0 Å². The molecule has 0 unspecified atom stereocenters. The molecule has 1 aromatic heterocycles. The number of hydrogen-bond acceptors (Lipinski definition) is 2. The van der Waals surface area contributed by atoms with Crippen molar-refractivity contribution in [2.24, 2.45) is 0 Å². The molecule has 0 aliphatic rings. The fraction of sp³-hybridized carbons (Fsp3) is 0.111. The number of hydrogen-bond donors (Lipinski definition) is 1. The predicted octanol–water partition coefficient (Wildman–Crippen LogP) is 2.48. The zero-order chi connectivity index (χ0) is 10.3. The van der Waals surface area contributed by atoms with Crippen molar-refractivity contribution in [1.29, 1.82) is 0 Å². The van der Waals surface area contributed by atoms with E-state index in [1.165, 1.54) is 0 Å². The molecule has 0 atom stereocenters. The summed E-state index contributed by atoms with van der Waals surface area (Å²) in [7, 11) is 0. The van der Waals surface area contributed by atoms with E-state index in [2.05, 4.69) is 5.10 Å². The van der Waals surface area contributed by atoms with E-state index < -0.39 is 6.09 Å². The van der Waals surface area contributed by atoms with Crippen molar-refractivity contribution in [2.75, 3.05) is 0 Å². The van der Waals surface area contributed by atoms with E-state index in [1.807, 2.05) is 41.6 Å². The minimum Gasteiger partial charge on any atom is -0.463 e. The molecule has 0 radical (unpaired) electrons. The Morgan fingerprint density at radius 3 is 2.93 bits per heavy atom. The first kappa shape index (κ1) is 9.45. The van der Waals surface area contributed by atoms with Gasteiger partial charge in [-0.1, -0.05) is 11.6 Å². The van der Waals surface area contributed by atoms with Crippen LogP contribution >= 0.6 is 22.6 Å². The smallest absolute Gasteiger partial charge is 0.432 e. The number of carboxylic acid groups (broad SMARTS) is 1. The normalized spacial score (nSPS) is 10.7. The van der Waals surface area contributed by atoms with E-state index in [1.54, 1.807) is 6.07 Å². The molecule has 72 valence electrons. The van der Waals surface area contributed by atoms with Crippen LogP contribution in [0.2, 0.25) is 0 Å². The van der Waals surface area contributed by atoms with E-state index >= 15 is 0 Å². The highest BCUT2D eigenvalue weighted by Gasteiger charge is 2.12. The van der Waals surface area contributed by atoms with Gasteiger partial charge in [-0.05, 0) is 41.6 Å². The van der Waals surface area contributed by atoms with Crippen LogP contribution in [0, 0.1) is 10.6 Å². The summed E-state index contributed by atoms with van der Waals surface area (Å²) in [6.45, 7) is 1.97. The Morgan fingerprint density at radius 2 is 2.29 bits per heavy atom. The third-order valence-corrected chi connectivity index (χ3v) is 2.77. The third-order valence-electron chi connectivity index (χ3n) is 1.97. The van der Waals surface area contributed by atoms with Crippen LogP contribution in [0.4, 0.5) is 4.79 Å². The van der Waals surface area contributed by atoms with Crippen molar-refractivity contribution in [3.05, 3.63) is 27.5 Å². The average Bonchev–Trinajstić information content (AvgIpc) is 2.44. The molecule has 0 aliphatic carbocycles. The summed E-state index contributed by atoms with van der Waals surface area (Å²) < 4.78 is 1.71. The largest absolute Gasteiger partial charge is 0.463 e. The zero-order valence-corrected chi connectivity index (χ0v) is 9.52. The number of nitrogens with zero attached hydrogens (tertiary/aromatic N) is 2. The fourth-order valence-corrected chi connectivity index (χ4v) is 1.99. The minimum absolute atomic E-state index is 0.632. The number of halogens is 1. The van der Waals surface area contributed by atoms with Gasteiger partial charge in [0.25, 0.3) is 0 Å². The minimum atomic E-state index is -1.05. The molecule has 0 saturated carbocycles. The van der Waals surface area contributed by atoms with Crippen molar-refractivity contribution in [2.45, 2.75) is 6.92 Å². The van der Waals surface area contributed by atoms with E-state index in [0.717, 1.165) is 15.6 Å². The molecule has 0 aliphatic heterocycles. The molecule has 1 N–H and O–H groups in total. The Labute approximate surface area is 93.7 Å². The van der Waals surface area contributed by atoms with Gasteiger partial charge in [0.15, 0.2) is 0 Å². The molecule has 14 heavy (non-hydrogen) atoms. The maximum atomic E-state index is 10.8. The highest BCUT2D eigenvalue weighted by Crippen LogP contribution is 2.21. The molecular weight excluding hydrogens is 295 g/mol. The molecule has 5 heteroatoms. The van der Waals surface area contributed by atoms with Crippen molar-refractivity contribution in [3.63, 3.8) is 0 Å². The first-order chi connectivity index (χ1) is 6.59. The summed E-state index contributed by atoms with van der Waals surface area (Å²) >= 11 is 2.03. The second kappa shape index (κ2) is 3.23. The standard InChI is InChI=1S/C9H7IN2O2/c1-5-2-3-7-6(4-5)8(10)11-12(7)9(13)14/h2-4H,1H3,(H,13,14). The molecule has 2 aromatic rings. The summed E-state index contributed by atoms with van der Waals surface area (Å²) in [5, 5.41) is 13.7. The second-order valence-corrected chi connectivity index (χ2v) is 4.03. The lowest BCUT2D eigenvalue weighted by Crippen LogP contribution is -2.09. The van der Waals surface area contributed by atoms with Crippen LogP contribution in [0.25, 0.3) is 10.9 Å². The molecule has 0 spiro atoms. The van der Waals surface area contributed by atoms with Gasteiger partial charge in [-0.25, -0.2) is 4.79 Å². The predicted molar refractivity (Wildman–Crippen MR) is 60.6 cm³/mol. The number of aromatic nitrogens is 2. The SMILES string of the molecule is Cc1ccc2c(c1)c(I)nn2C(=O)O. The van der Waals surface area contributed by atoms with Crippen molar-refractivity contribution in [3.8, 4) is 0 Å². The van der Waals surface area contributed by atoms with Gasteiger partial charge in [0.1, 0.15) is 3.70 Å². The van der Waals surface area contributed by atoms with Crippen LogP contribution in [0.5, 0.6) is 0 Å². The molecule has 2 rings (SSSR count). The summed E-state index contributed by atoms with van der Waals surface area (Å²) in [4.78, 5) is 10.8. The van der Waals surface area contributed by atoms with Gasteiger partial charge in [0.2, 0.25) is 0 Å². The van der Waals surface area contributed by atoms with Crippen molar-refractivity contribution in [1.82, 2.24) is 9.78 Å². The number of carbonyl (C=O) groups is 1. The topological polar surface area (TPSA) is 55.1 Å². The molecule has 0 bridgehead atoms. The Morgan fingerprint density at radius 1 is 1.57 bits per heavy atom. The van der Waals surface area contributed by atoms with Gasteiger partial charge in [-0.2, -0.15) is 9.78 Å². The maximum absolute atomic E-state index is 10.8. The lowest BCUT2D eigenvalue weighted by atomic mass is 10.2. The first-order valence-corrected chi connectivity index (χ1v) is 5.05. The molecule has 1 heterocycles. The number of benzene rings is 1. The lowest BCUT2D eigenvalue weighted by Gasteiger charge is -1.95. The Bertz CT molecular complexity index is 519. The molecule has 1 aromatic carbocycles. The number of fused-ring (bicyclic) bond motifs is 1. The lowest BCUT2D eigenvalue weighted by molar-refractivity contribution is 0.194.